The Morgan fingerprint density at radius 3 is 2.50 bits per heavy atom. The molecule has 10 heteroatoms. The summed E-state index contributed by atoms with van der Waals surface area (Å²) in [6, 6.07) is 11.5. The molecule has 162 valence electrons. The van der Waals surface area contributed by atoms with E-state index in [4.69, 9.17) is 4.74 Å². The van der Waals surface area contributed by atoms with Crippen molar-refractivity contribution in [1.29, 1.82) is 0 Å². The van der Waals surface area contributed by atoms with Gasteiger partial charge in [0.05, 0.1) is 23.9 Å². The van der Waals surface area contributed by atoms with Gasteiger partial charge < -0.3 is 14.1 Å². The molecule has 4 aromatic heterocycles. The van der Waals surface area contributed by atoms with Gasteiger partial charge in [-0.05, 0) is 24.6 Å². The van der Waals surface area contributed by atoms with Crippen LogP contribution in [0.25, 0.3) is 33.7 Å². The lowest BCUT2D eigenvalue weighted by Gasteiger charge is -2.07. The van der Waals surface area contributed by atoms with Gasteiger partial charge in [-0.15, -0.1) is 0 Å². The average molecular weight is 439 g/mol. The fourth-order valence-corrected chi connectivity index (χ4v) is 3.83. The molecule has 0 saturated carbocycles. The maximum absolute atomic E-state index is 13.8. The normalized spacial score (nSPS) is 12.0. The number of rotatable bonds is 3. The number of H-pyrrole nitrogens is 1. The number of pyridine rings is 1. The van der Waals surface area contributed by atoms with Crippen LogP contribution in [0.2, 0.25) is 0 Å². The molecule has 7 nitrogen and oxygen atoms in total. The highest BCUT2D eigenvalue weighted by Gasteiger charge is 2.39. The van der Waals surface area contributed by atoms with Crippen molar-refractivity contribution in [2.75, 3.05) is 7.11 Å². The third kappa shape index (κ3) is 2.95. The summed E-state index contributed by atoms with van der Waals surface area (Å²) in [5, 5.41) is 3.66. The first-order valence-electron chi connectivity index (χ1n) is 9.60. The van der Waals surface area contributed by atoms with Crippen LogP contribution in [0.1, 0.15) is 11.4 Å². The van der Waals surface area contributed by atoms with Gasteiger partial charge in [-0.25, -0.2) is 4.98 Å². The summed E-state index contributed by atoms with van der Waals surface area (Å²) in [5.74, 6) is 0.499. The lowest BCUT2D eigenvalue weighted by molar-refractivity contribution is -0.140. The molecule has 0 aliphatic carbocycles. The molecule has 0 bridgehead atoms. The molecule has 4 heterocycles. The Kier molecular flexibility index (Phi) is 4.33. The molecule has 0 aliphatic heterocycles. The summed E-state index contributed by atoms with van der Waals surface area (Å²) in [6.45, 7) is 1.62. The van der Waals surface area contributed by atoms with E-state index in [0.29, 0.717) is 28.3 Å². The van der Waals surface area contributed by atoms with Crippen molar-refractivity contribution in [1.82, 2.24) is 24.0 Å². The minimum atomic E-state index is -4.75. The van der Waals surface area contributed by atoms with E-state index in [0.717, 1.165) is 4.52 Å². The predicted molar refractivity (Wildman–Crippen MR) is 112 cm³/mol. The Bertz CT molecular complexity index is 1530. The highest BCUT2D eigenvalue weighted by molar-refractivity contribution is 5.81. The van der Waals surface area contributed by atoms with E-state index in [9.17, 15) is 18.0 Å². The van der Waals surface area contributed by atoms with Crippen molar-refractivity contribution in [3.05, 3.63) is 76.6 Å². The number of nitrogens with zero attached hydrogens (tertiary/aromatic N) is 4. The Morgan fingerprint density at radius 1 is 1.06 bits per heavy atom. The first-order chi connectivity index (χ1) is 15.3. The molecular weight excluding hydrogens is 423 g/mol. The van der Waals surface area contributed by atoms with E-state index in [1.54, 1.807) is 66.2 Å². The average Bonchev–Trinajstić information content (AvgIpc) is 3.36. The van der Waals surface area contributed by atoms with Gasteiger partial charge in [0.2, 0.25) is 0 Å². The lowest BCUT2D eigenvalue weighted by Crippen LogP contribution is -2.20. The quantitative estimate of drug-likeness (QED) is 0.454. The summed E-state index contributed by atoms with van der Waals surface area (Å²) < 4.78 is 49.2. The zero-order valence-electron chi connectivity index (χ0n) is 16.9. The topological polar surface area (TPSA) is 76.7 Å². The number of aromatic nitrogens is 5. The molecule has 0 aliphatic rings. The molecule has 0 amide bonds. The van der Waals surface area contributed by atoms with Gasteiger partial charge in [-0.3, -0.25) is 4.79 Å². The second-order valence-corrected chi connectivity index (χ2v) is 7.21. The van der Waals surface area contributed by atoms with Gasteiger partial charge in [0.25, 0.3) is 5.56 Å². The summed E-state index contributed by atoms with van der Waals surface area (Å²) in [4.78, 5) is 20.8. The summed E-state index contributed by atoms with van der Waals surface area (Å²) in [6.07, 6.45) is -1.39. The minimum Gasteiger partial charge on any atom is -0.493 e. The summed E-state index contributed by atoms with van der Waals surface area (Å²) >= 11 is 0. The standard InChI is InChI=1S/C22H16F3N5O2/c1-12-16(14-11-29-10-6-9-15(32-2)19(29)27-14)21(31)30-20(26-12)17(13-7-4-3-5-8-13)18(28-30)22(23,24)25/h3-11,26H,1-2H3. The SMILES string of the molecule is COc1cccn2cc(-c3c(C)[nH]c4c(-c5ccccc5)c(C(F)(F)F)nn4c3=O)nc12. The van der Waals surface area contributed by atoms with Crippen molar-refractivity contribution in [3.63, 3.8) is 0 Å². The van der Waals surface area contributed by atoms with E-state index in [2.05, 4.69) is 15.1 Å². The fourth-order valence-electron chi connectivity index (χ4n) is 3.83. The van der Waals surface area contributed by atoms with Crippen LogP contribution >= 0.6 is 0 Å². The van der Waals surface area contributed by atoms with Crippen LogP contribution in [-0.2, 0) is 6.18 Å². The molecule has 1 aromatic carbocycles. The van der Waals surface area contributed by atoms with Crippen LogP contribution in [0.4, 0.5) is 13.2 Å². The number of aryl methyl sites for hydroxylation is 1. The lowest BCUT2D eigenvalue weighted by atomic mass is 10.1. The van der Waals surface area contributed by atoms with Gasteiger partial charge >= 0.3 is 6.18 Å². The number of aromatic amines is 1. The maximum atomic E-state index is 13.8. The zero-order chi connectivity index (χ0) is 22.6. The number of nitrogens with one attached hydrogen (secondary N) is 1. The number of alkyl halides is 3. The molecule has 5 rings (SSSR count). The molecule has 5 aromatic rings. The first-order valence-corrected chi connectivity index (χ1v) is 9.60. The van der Waals surface area contributed by atoms with Crippen LogP contribution in [0.15, 0.2) is 59.7 Å². The van der Waals surface area contributed by atoms with Crippen LogP contribution in [0, 0.1) is 6.92 Å². The Labute approximate surface area is 178 Å². The van der Waals surface area contributed by atoms with Crippen molar-refractivity contribution in [2.24, 2.45) is 0 Å². The molecule has 32 heavy (non-hydrogen) atoms. The van der Waals surface area contributed by atoms with Crippen molar-refractivity contribution in [3.8, 4) is 28.1 Å². The van der Waals surface area contributed by atoms with E-state index < -0.39 is 17.4 Å². The Balaban J connectivity index is 1.82. The van der Waals surface area contributed by atoms with E-state index in [1.807, 2.05) is 0 Å². The van der Waals surface area contributed by atoms with Crippen LogP contribution < -0.4 is 10.3 Å². The number of methoxy groups -OCH3 is 1. The monoisotopic (exact) mass is 439 g/mol. The third-order valence-electron chi connectivity index (χ3n) is 5.23. The van der Waals surface area contributed by atoms with Gasteiger partial charge in [-0.1, -0.05) is 30.3 Å². The molecule has 0 atom stereocenters. The van der Waals surface area contributed by atoms with E-state index in [1.165, 1.54) is 7.11 Å². The van der Waals surface area contributed by atoms with E-state index in [-0.39, 0.29) is 16.8 Å². The molecule has 0 fully saturated rings. The van der Waals surface area contributed by atoms with Gasteiger partial charge in [-0.2, -0.15) is 22.8 Å². The summed E-state index contributed by atoms with van der Waals surface area (Å²) in [5.41, 5.74) is -0.482. The summed E-state index contributed by atoms with van der Waals surface area (Å²) in [7, 11) is 1.50. The third-order valence-corrected chi connectivity index (χ3v) is 5.23. The highest BCUT2D eigenvalue weighted by Crippen LogP contribution is 2.38. The Hall–Kier alpha value is -4.08. The number of ether oxygens (including phenoxy) is 1. The number of hydrogen-bond acceptors (Lipinski definition) is 4. The van der Waals surface area contributed by atoms with Crippen molar-refractivity contribution in [2.45, 2.75) is 13.1 Å². The van der Waals surface area contributed by atoms with Crippen molar-refractivity contribution < 1.29 is 17.9 Å². The molecule has 0 unspecified atom stereocenters. The predicted octanol–water partition coefficient (Wildman–Crippen LogP) is 4.34. The van der Waals surface area contributed by atoms with Gasteiger partial charge in [0, 0.05) is 18.1 Å². The number of halogens is 3. The van der Waals surface area contributed by atoms with Crippen LogP contribution in [0.5, 0.6) is 5.75 Å². The van der Waals surface area contributed by atoms with Crippen LogP contribution in [-0.4, -0.2) is 31.1 Å². The highest BCUT2D eigenvalue weighted by atomic mass is 19.4. The van der Waals surface area contributed by atoms with E-state index >= 15 is 0 Å². The molecule has 0 spiro atoms. The van der Waals surface area contributed by atoms with Crippen molar-refractivity contribution >= 4 is 11.3 Å². The van der Waals surface area contributed by atoms with Crippen LogP contribution in [0.3, 0.4) is 0 Å². The largest absolute Gasteiger partial charge is 0.493 e. The molecule has 0 radical (unpaired) electrons. The van der Waals surface area contributed by atoms with Gasteiger partial charge in [0.1, 0.15) is 5.65 Å². The van der Waals surface area contributed by atoms with Gasteiger partial charge in [0.15, 0.2) is 17.1 Å². The Morgan fingerprint density at radius 2 is 1.81 bits per heavy atom. The smallest absolute Gasteiger partial charge is 0.435 e. The first kappa shape index (κ1) is 19.9. The second-order valence-electron chi connectivity index (χ2n) is 7.21. The zero-order valence-corrected chi connectivity index (χ0v) is 16.9. The second kappa shape index (κ2) is 6.98. The maximum Gasteiger partial charge on any atom is 0.435 e. The molecule has 0 saturated heterocycles. The fraction of sp³-hybridized carbons (Fsp3) is 0.136. The molecular formula is C22H16F3N5O2. The minimum absolute atomic E-state index is 0.0314. The molecule has 1 N–H and O–H groups in total. The number of hydrogen-bond donors (Lipinski definition) is 1. The number of imidazole rings is 1. The number of fused-ring (bicyclic) bond motifs is 2. The number of benzene rings is 1.